The predicted molar refractivity (Wildman–Crippen MR) is 68.0 cm³/mol. The number of nitrogens with zero attached hydrogens (tertiary/aromatic N) is 2. The van der Waals surface area contributed by atoms with E-state index in [9.17, 15) is 4.79 Å². The zero-order valence-corrected chi connectivity index (χ0v) is 10.9. The predicted octanol–water partition coefficient (Wildman–Crippen LogP) is 0.217. The van der Waals surface area contributed by atoms with E-state index < -0.39 is 5.92 Å². The summed E-state index contributed by atoms with van der Waals surface area (Å²) in [5, 5.41) is 14.3. The SMILES string of the molecule is CCCC(C(=O)NCCN(C)CC)/C(N)=N/O. The van der Waals surface area contributed by atoms with E-state index in [1.54, 1.807) is 0 Å². The maximum Gasteiger partial charge on any atom is 0.230 e. The van der Waals surface area contributed by atoms with Gasteiger partial charge in [-0.15, -0.1) is 0 Å². The van der Waals surface area contributed by atoms with E-state index in [-0.39, 0.29) is 11.7 Å². The largest absolute Gasteiger partial charge is 0.409 e. The van der Waals surface area contributed by atoms with Crippen LogP contribution >= 0.6 is 0 Å². The molecule has 6 nitrogen and oxygen atoms in total. The van der Waals surface area contributed by atoms with Gasteiger partial charge in [-0.05, 0) is 20.0 Å². The summed E-state index contributed by atoms with van der Waals surface area (Å²) in [7, 11) is 1.99. The monoisotopic (exact) mass is 244 g/mol. The van der Waals surface area contributed by atoms with E-state index in [0.717, 1.165) is 19.5 Å². The molecule has 0 spiro atoms. The minimum absolute atomic E-state index is 0.0202. The van der Waals surface area contributed by atoms with Crippen LogP contribution in [0, 0.1) is 5.92 Å². The highest BCUT2D eigenvalue weighted by Crippen LogP contribution is 2.06. The number of likely N-dealkylation sites (N-methyl/N-ethyl adjacent to an activating group) is 1. The smallest absolute Gasteiger partial charge is 0.230 e. The molecular formula is C11H24N4O2. The average Bonchev–Trinajstić information content (AvgIpc) is 2.34. The van der Waals surface area contributed by atoms with Crippen LogP contribution < -0.4 is 11.1 Å². The topological polar surface area (TPSA) is 91.0 Å². The second kappa shape index (κ2) is 8.81. The number of amides is 1. The van der Waals surface area contributed by atoms with Crippen LogP contribution in [-0.2, 0) is 4.79 Å². The molecule has 0 aliphatic rings. The number of amidine groups is 1. The van der Waals surface area contributed by atoms with E-state index in [0.29, 0.717) is 13.0 Å². The van der Waals surface area contributed by atoms with Crippen molar-refractivity contribution in [3.8, 4) is 0 Å². The second-order valence-electron chi connectivity index (χ2n) is 4.05. The third-order valence-electron chi connectivity index (χ3n) is 2.70. The molecule has 0 aromatic rings. The first kappa shape index (κ1) is 15.7. The molecule has 0 aromatic carbocycles. The molecule has 0 aliphatic carbocycles. The molecular weight excluding hydrogens is 220 g/mol. The molecule has 0 heterocycles. The average molecular weight is 244 g/mol. The Balaban J connectivity index is 4.15. The number of oxime groups is 1. The van der Waals surface area contributed by atoms with Gasteiger partial charge in [0.25, 0.3) is 0 Å². The van der Waals surface area contributed by atoms with Crippen molar-refractivity contribution in [3.05, 3.63) is 0 Å². The Bertz CT molecular complexity index is 256. The van der Waals surface area contributed by atoms with Crippen LogP contribution in [-0.4, -0.2) is 48.5 Å². The summed E-state index contributed by atoms with van der Waals surface area (Å²) in [6.07, 6.45) is 1.40. The van der Waals surface area contributed by atoms with E-state index in [4.69, 9.17) is 10.9 Å². The third-order valence-corrected chi connectivity index (χ3v) is 2.70. The van der Waals surface area contributed by atoms with Crippen molar-refractivity contribution < 1.29 is 10.0 Å². The highest BCUT2D eigenvalue weighted by atomic mass is 16.4. The van der Waals surface area contributed by atoms with E-state index in [1.807, 2.05) is 14.0 Å². The Labute approximate surface area is 103 Å². The van der Waals surface area contributed by atoms with Gasteiger partial charge in [0, 0.05) is 13.1 Å². The van der Waals surface area contributed by atoms with E-state index >= 15 is 0 Å². The van der Waals surface area contributed by atoms with E-state index in [1.165, 1.54) is 0 Å². The Morgan fingerprint density at radius 1 is 1.53 bits per heavy atom. The van der Waals surface area contributed by atoms with Gasteiger partial charge in [-0.25, -0.2) is 0 Å². The van der Waals surface area contributed by atoms with Crippen LogP contribution in [0.2, 0.25) is 0 Å². The Morgan fingerprint density at radius 2 is 2.18 bits per heavy atom. The van der Waals surface area contributed by atoms with Crippen molar-refractivity contribution in [1.82, 2.24) is 10.2 Å². The van der Waals surface area contributed by atoms with E-state index in [2.05, 4.69) is 22.3 Å². The van der Waals surface area contributed by atoms with Crippen molar-refractivity contribution in [2.45, 2.75) is 26.7 Å². The van der Waals surface area contributed by atoms with Gasteiger partial charge in [0.05, 0.1) is 5.92 Å². The van der Waals surface area contributed by atoms with Crippen molar-refractivity contribution in [2.24, 2.45) is 16.8 Å². The number of hydrogen-bond donors (Lipinski definition) is 3. The number of hydrogen-bond acceptors (Lipinski definition) is 4. The number of carbonyl (C=O) groups excluding carboxylic acids is 1. The Kier molecular flexibility index (Phi) is 8.13. The van der Waals surface area contributed by atoms with Gasteiger partial charge < -0.3 is 21.2 Å². The number of rotatable bonds is 8. The molecule has 0 rings (SSSR count). The first-order valence-electron chi connectivity index (χ1n) is 6.00. The molecule has 0 aromatic heterocycles. The highest BCUT2D eigenvalue weighted by molar-refractivity contribution is 6.01. The lowest BCUT2D eigenvalue weighted by Crippen LogP contribution is -2.41. The van der Waals surface area contributed by atoms with Gasteiger partial charge in [-0.1, -0.05) is 25.4 Å². The van der Waals surface area contributed by atoms with Crippen LogP contribution in [0.25, 0.3) is 0 Å². The van der Waals surface area contributed by atoms with Crippen molar-refractivity contribution in [1.29, 1.82) is 0 Å². The number of nitrogens with two attached hydrogens (primary N) is 1. The molecule has 0 saturated carbocycles. The fraction of sp³-hybridized carbons (Fsp3) is 0.818. The summed E-state index contributed by atoms with van der Waals surface area (Å²) < 4.78 is 0. The molecule has 0 radical (unpaired) electrons. The summed E-state index contributed by atoms with van der Waals surface area (Å²) >= 11 is 0. The molecule has 4 N–H and O–H groups in total. The molecule has 0 bridgehead atoms. The van der Waals surface area contributed by atoms with Crippen LogP contribution in [0.3, 0.4) is 0 Å². The second-order valence-corrected chi connectivity index (χ2v) is 4.05. The molecule has 0 fully saturated rings. The first-order chi connectivity index (χ1) is 8.06. The lowest BCUT2D eigenvalue weighted by Gasteiger charge is -2.17. The highest BCUT2D eigenvalue weighted by Gasteiger charge is 2.21. The molecule has 1 atom stereocenters. The normalized spacial score (nSPS) is 13.8. The molecule has 0 saturated heterocycles. The summed E-state index contributed by atoms with van der Waals surface area (Å²) in [6.45, 7) is 6.31. The van der Waals surface area contributed by atoms with Crippen molar-refractivity contribution in [2.75, 3.05) is 26.7 Å². The number of nitrogens with one attached hydrogen (secondary N) is 1. The Hall–Kier alpha value is -1.30. The minimum atomic E-state index is -0.531. The van der Waals surface area contributed by atoms with Crippen LogP contribution in [0.5, 0.6) is 0 Å². The molecule has 100 valence electrons. The molecule has 6 heteroatoms. The zero-order valence-electron chi connectivity index (χ0n) is 10.9. The van der Waals surface area contributed by atoms with Gasteiger partial charge in [0.2, 0.25) is 5.91 Å². The van der Waals surface area contributed by atoms with Gasteiger partial charge in [-0.2, -0.15) is 0 Å². The quantitative estimate of drug-likeness (QED) is 0.246. The molecule has 1 unspecified atom stereocenters. The van der Waals surface area contributed by atoms with Gasteiger partial charge in [-0.3, -0.25) is 4.79 Å². The fourth-order valence-electron chi connectivity index (χ4n) is 1.42. The minimum Gasteiger partial charge on any atom is -0.409 e. The lowest BCUT2D eigenvalue weighted by atomic mass is 10.0. The van der Waals surface area contributed by atoms with Crippen LogP contribution in [0.1, 0.15) is 26.7 Å². The summed E-state index contributed by atoms with van der Waals surface area (Å²) in [5.41, 5.74) is 5.49. The summed E-state index contributed by atoms with van der Waals surface area (Å²) in [5.74, 6) is -0.725. The van der Waals surface area contributed by atoms with Gasteiger partial charge in [0.1, 0.15) is 0 Å². The first-order valence-corrected chi connectivity index (χ1v) is 6.00. The Morgan fingerprint density at radius 3 is 2.65 bits per heavy atom. The van der Waals surface area contributed by atoms with Gasteiger partial charge >= 0.3 is 0 Å². The molecule has 17 heavy (non-hydrogen) atoms. The maximum absolute atomic E-state index is 11.8. The maximum atomic E-state index is 11.8. The molecule has 0 aliphatic heterocycles. The van der Waals surface area contributed by atoms with Crippen LogP contribution in [0.15, 0.2) is 5.16 Å². The number of carbonyl (C=O) groups is 1. The third kappa shape index (κ3) is 6.11. The molecule has 1 amide bonds. The van der Waals surface area contributed by atoms with Gasteiger partial charge in [0.15, 0.2) is 5.84 Å². The van der Waals surface area contributed by atoms with Crippen molar-refractivity contribution >= 4 is 11.7 Å². The summed E-state index contributed by atoms with van der Waals surface area (Å²) in [6, 6.07) is 0. The zero-order chi connectivity index (χ0) is 13.3. The lowest BCUT2D eigenvalue weighted by molar-refractivity contribution is -0.123. The standard InChI is InChI=1S/C11H24N4O2/c1-4-6-9(10(12)14-17)11(16)13-7-8-15(3)5-2/h9,17H,4-8H2,1-3H3,(H2,12,14)(H,13,16). The fourth-order valence-corrected chi connectivity index (χ4v) is 1.42. The van der Waals surface area contributed by atoms with Crippen LogP contribution in [0.4, 0.5) is 0 Å². The van der Waals surface area contributed by atoms with Crippen molar-refractivity contribution in [3.63, 3.8) is 0 Å². The summed E-state index contributed by atoms with van der Waals surface area (Å²) in [4.78, 5) is 13.9.